The first-order valence-corrected chi connectivity index (χ1v) is 10.8. The number of methoxy groups -OCH3 is 2. The molecular formula is C23H41IN4O3. The molecule has 2 rings (SSSR count). The van der Waals surface area contributed by atoms with E-state index in [4.69, 9.17) is 19.2 Å². The maximum absolute atomic E-state index is 5.49. The number of nitrogens with one attached hydrogen (secondary N) is 2. The van der Waals surface area contributed by atoms with Crippen LogP contribution < -0.4 is 20.1 Å². The Balaban J connectivity index is 0.00000480. The number of guanidine groups is 1. The fourth-order valence-electron chi connectivity index (χ4n) is 3.55. The van der Waals surface area contributed by atoms with Crippen molar-refractivity contribution in [2.24, 2.45) is 4.99 Å². The van der Waals surface area contributed by atoms with Gasteiger partial charge in [0, 0.05) is 37.1 Å². The van der Waals surface area contributed by atoms with Gasteiger partial charge in [-0.05, 0) is 38.5 Å². The molecule has 1 aromatic rings. The van der Waals surface area contributed by atoms with Crippen LogP contribution >= 0.6 is 24.0 Å². The molecular weight excluding hydrogens is 507 g/mol. The van der Waals surface area contributed by atoms with Gasteiger partial charge in [-0.2, -0.15) is 0 Å². The third kappa shape index (κ3) is 7.98. The van der Waals surface area contributed by atoms with Crippen LogP contribution in [0.1, 0.15) is 40.2 Å². The predicted molar refractivity (Wildman–Crippen MR) is 138 cm³/mol. The van der Waals surface area contributed by atoms with E-state index in [1.54, 1.807) is 14.2 Å². The van der Waals surface area contributed by atoms with Crippen molar-refractivity contribution in [3.63, 3.8) is 0 Å². The maximum atomic E-state index is 5.49. The van der Waals surface area contributed by atoms with Crippen molar-refractivity contribution in [2.75, 3.05) is 60.2 Å². The van der Waals surface area contributed by atoms with Crippen LogP contribution in [0.25, 0.3) is 0 Å². The van der Waals surface area contributed by atoms with Gasteiger partial charge in [0.15, 0.2) is 17.5 Å². The molecule has 0 atom stereocenters. The standard InChI is InChI=1S/C23H40N4O3.HI/c1-8-24-21(26-17-23(4,5)27-11-13-30-14-12-27)25-16-22(2,3)18-9-10-19(28-6)20(15-18)29-7;/h9-10,15H,8,11-14,16-17H2,1-7H3,(H2,24,25,26);1H. The van der Waals surface area contributed by atoms with Crippen molar-refractivity contribution >= 4 is 29.9 Å². The number of morpholine rings is 1. The third-order valence-electron chi connectivity index (χ3n) is 5.70. The van der Waals surface area contributed by atoms with E-state index in [0.717, 1.165) is 63.4 Å². The van der Waals surface area contributed by atoms with Gasteiger partial charge in [0.25, 0.3) is 0 Å². The lowest BCUT2D eigenvalue weighted by Crippen LogP contribution is -2.52. The Morgan fingerprint density at radius 2 is 1.71 bits per heavy atom. The highest BCUT2D eigenvalue weighted by Crippen LogP contribution is 2.32. The van der Waals surface area contributed by atoms with Gasteiger partial charge in [0.05, 0.1) is 34.0 Å². The molecule has 0 aromatic heterocycles. The lowest BCUT2D eigenvalue weighted by molar-refractivity contribution is -0.00684. The van der Waals surface area contributed by atoms with E-state index in [9.17, 15) is 0 Å². The zero-order valence-electron chi connectivity index (χ0n) is 20.2. The molecule has 0 saturated carbocycles. The second kappa shape index (κ2) is 12.7. The Morgan fingerprint density at radius 3 is 2.29 bits per heavy atom. The molecule has 0 spiro atoms. The van der Waals surface area contributed by atoms with Gasteiger partial charge in [-0.15, -0.1) is 24.0 Å². The summed E-state index contributed by atoms with van der Waals surface area (Å²) >= 11 is 0. The van der Waals surface area contributed by atoms with E-state index < -0.39 is 0 Å². The van der Waals surface area contributed by atoms with Gasteiger partial charge in [0.1, 0.15) is 0 Å². The Labute approximate surface area is 205 Å². The second-order valence-electron chi connectivity index (χ2n) is 8.91. The molecule has 0 amide bonds. The van der Waals surface area contributed by atoms with Crippen LogP contribution in [0.2, 0.25) is 0 Å². The Morgan fingerprint density at radius 1 is 1.06 bits per heavy atom. The number of rotatable bonds is 9. The lowest BCUT2D eigenvalue weighted by atomic mass is 9.84. The highest BCUT2D eigenvalue weighted by molar-refractivity contribution is 14.0. The first-order valence-electron chi connectivity index (χ1n) is 10.8. The van der Waals surface area contributed by atoms with E-state index in [0.29, 0.717) is 0 Å². The van der Waals surface area contributed by atoms with Gasteiger partial charge >= 0.3 is 0 Å². The number of hydrogen-bond donors (Lipinski definition) is 2. The Hall–Kier alpha value is -1.26. The minimum Gasteiger partial charge on any atom is -0.493 e. The molecule has 1 fully saturated rings. The number of nitrogens with zero attached hydrogens (tertiary/aromatic N) is 2. The first-order chi connectivity index (χ1) is 14.2. The van der Waals surface area contributed by atoms with Crippen LogP contribution in [0.5, 0.6) is 11.5 Å². The van der Waals surface area contributed by atoms with Crippen molar-refractivity contribution in [2.45, 2.75) is 45.6 Å². The van der Waals surface area contributed by atoms with E-state index in [2.05, 4.69) is 56.2 Å². The number of halogens is 1. The minimum absolute atomic E-state index is 0. The molecule has 0 radical (unpaired) electrons. The highest BCUT2D eigenvalue weighted by atomic mass is 127. The zero-order chi connectivity index (χ0) is 22.2. The molecule has 7 nitrogen and oxygen atoms in total. The number of ether oxygens (including phenoxy) is 3. The summed E-state index contributed by atoms with van der Waals surface area (Å²) < 4.78 is 16.3. The number of aliphatic imine (C=N–C) groups is 1. The topological polar surface area (TPSA) is 67.4 Å². The molecule has 0 aliphatic carbocycles. The third-order valence-corrected chi connectivity index (χ3v) is 5.70. The quantitative estimate of drug-likeness (QED) is 0.281. The fourth-order valence-corrected chi connectivity index (χ4v) is 3.55. The molecule has 1 saturated heterocycles. The molecule has 8 heteroatoms. The average Bonchev–Trinajstić information content (AvgIpc) is 2.75. The van der Waals surface area contributed by atoms with Crippen molar-refractivity contribution in [3.05, 3.63) is 23.8 Å². The van der Waals surface area contributed by atoms with E-state index in [1.165, 1.54) is 5.56 Å². The first kappa shape index (κ1) is 27.8. The smallest absolute Gasteiger partial charge is 0.191 e. The summed E-state index contributed by atoms with van der Waals surface area (Å²) in [5.41, 5.74) is 1.05. The second-order valence-corrected chi connectivity index (χ2v) is 8.91. The maximum Gasteiger partial charge on any atom is 0.191 e. The summed E-state index contributed by atoms with van der Waals surface area (Å²) in [6.07, 6.45) is 0. The van der Waals surface area contributed by atoms with Gasteiger partial charge in [-0.3, -0.25) is 9.89 Å². The molecule has 2 N–H and O–H groups in total. The summed E-state index contributed by atoms with van der Waals surface area (Å²) in [6, 6.07) is 6.10. The van der Waals surface area contributed by atoms with Crippen LogP contribution in [0.15, 0.2) is 23.2 Å². The Bertz CT molecular complexity index is 704. The van der Waals surface area contributed by atoms with Crippen molar-refractivity contribution in [3.8, 4) is 11.5 Å². The van der Waals surface area contributed by atoms with Crippen LogP contribution in [0, 0.1) is 0 Å². The molecule has 31 heavy (non-hydrogen) atoms. The van der Waals surface area contributed by atoms with Crippen LogP contribution in [-0.2, 0) is 10.2 Å². The average molecular weight is 549 g/mol. The lowest BCUT2D eigenvalue weighted by Gasteiger charge is -2.40. The van der Waals surface area contributed by atoms with E-state index in [1.807, 2.05) is 12.1 Å². The summed E-state index contributed by atoms with van der Waals surface area (Å²) in [5.74, 6) is 2.33. The summed E-state index contributed by atoms with van der Waals surface area (Å²) in [4.78, 5) is 7.34. The van der Waals surface area contributed by atoms with Crippen molar-refractivity contribution in [1.82, 2.24) is 15.5 Å². The monoisotopic (exact) mass is 548 g/mol. The molecule has 1 aliphatic heterocycles. The van der Waals surface area contributed by atoms with Crippen LogP contribution in [0.4, 0.5) is 0 Å². The van der Waals surface area contributed by atoms with Crippen LogP contribution in [0.3, 0.4) is 0 Å². The SMILES string of the molecule is CCNC(=NCC(C)(C)N1CCOCC1)NCC(C)(C)c1ccc(OC)c(OC)c1.I. The fraction of sp³-hybridized carbons (Fsp3) is 0.696. The summed E-state index contributed by atoms with van der Waals surface area (Å²) in [5, 5.41) is 6.90. The normalized spacial score (nSPS) is 15.8. The van der Waals surface area contributed by atoms with Gasteiger partial charge in [-0.25, -0.2) is 0 Å². The molecule has 0 unspecified atom stereocenters. The summed E-state index contributed by atoms with van der Waals surface area (Å²) in [7, 11) is 3.32. The molecule has 0 bridgehead atoms. The van der Waals surface area contributed by atoms with Crippen molar-refractivity contribution in [1.29, 1.82) is 0 Å². The zero-order valence-corrected chi connectivity index (χ0v) is 22.5. The Kier molecular flexibility index (Phi) is 11.4. The van der Waals surface area contributed by atoms with Crippen LogP contribution in [-0.4, -0.2) is 76.6 Å². The van der Waals surface area contributed by atoms with Gasteiger partial charge in [-0.1, -0.05) is 19.9 Å². The molecule has 1 aliphatic rings. The molecule has 178 valence electrons. The van der Waals surface area contributed by atoms with E-state index >= 15 is 0 Å². The number of benzene rings is 1. The number of hydrogen-bond acceptors (Lipinski definition) is 5. The van der Waals surface area contributed by atoms with Gasteiger partial charge in [0.2, 0.25) is 0 Å². The molecule has 1 heterocycles. The van der Waals surface area contributed by atoms with Gasteiger partial charge < -0.3 is 24.8 Å². The highest BCUT2D eigenvalue weighted by Gasteiger charge is 2.28. The van der Waals surface area contributed by atoms with E-state index in [-0.39, 0.29) is 34.9 Å². The largest absolute Gasteiger partial charge is 0.493 e. The molecule has 1 aromatic carbocycles. The predicted octanol–water partition coefficient (Wildman–Crippen LogP) is 3.27. The van der Waals surface area contributed by atoms with Crippen molar-refractivity contribution < 1.29 is 14.2 Å². The summed E-state index contributed by atoms with van der Waals surface area (Å²) in [6.45, 7) is 16.8. The minimum atomic E-state index is -0.116.